The Bertz CT molecular complexity index is 297. The first-order valence-electron chi connectivity index (χ1n) is 4.87. The molecule has 1 aliphatic rings. The van der Waals surface area contributed by atoms with Gasteiger partial charge in [-0.2, -0.15) is 0 Å². The van der Waals surface area contributed by atoms with Gasteiger partial charge in [0.25, 0.3) is 0 Å². The van der Waals surface area contributed by atoms with E-state index < -0.39 is 0 Å². The molecule has 1 aromatic carbocycles. The fourth-order valence-corrected chi connectivity index (χ4v) is 1.38. The van der Waals surface area contributed by atoms with Gasteiger partial charge >= 0.3 is 0 Å². The Morgan fingerprint density at radius 3 is 2.86 bits per heavy atom. The summed E-state index contributed by atoms with van der Waals surface area (Å²) in [5.41, 5.74) is 0. The van der Waals surface area contributed by atoms with Crippen molar-refractivity contribution in [2.75, 3.05) is 26.2 Å². The second kappa shape index (κ2) is 4.65. The van der Waals surface area contributed by atoms with Gasteiger partial charge in [-0.05, 0) is 12.1 Å². The van der Waals surface area contributed by atoms with Gasteiger partial charge in [0, 0.05) is 6.54 Å². The summed E-state index contributed by atoms with van der Waals surface area (Å²) in [5, 5.41) is 0. The van der Waals surface area contributed by atoms with Crippen LogP contribution in [0, 0.1) is 0 Å². The molecule has 0 aromatic heterocycles. The molecule has 0 saturated carbocycles. The Kier molecular flexibility index (Phi) is 3.01. The number of benzene rings is 1. The van der Waals surface area contributed by atoms with Crippen molar-refractivity contribution in [2.45, 2.75) is 0 Å². The fourth-order valence-electron chi connectivity index (χ4n) is 1.38. The van der Waals surface area contributed by atoms with Crippen LogP contribution in [0.2, 0.25) is 0 Å². The van der Waals surface area contributed by atoms with Gasteiger partial charge in [-0.25, -0.2) is 0 Å². The Labute approximate surface area is 84.0 Å². The maximum atomic E-state index is 5.56. The van der Waals surface area contributed by atoms with Crippen molar-refractivity contribution in [1.29, 1.82) is 0 Å². The Balaban J connectivity index is 1.70. The molecular formula is C11H14N2O. The number of nitrogens with zero attached hydrogens (tertiary/aromatic N) is 2. The van der Waals surface area contributed by atoms with E-state index >= 15 is 0 Å². The normalized spacial score (nSPS) is 14.7. The van der Waals surface area contributed by atoms with Gasteiger partial charge in [-0.3, -0.25) is 4.99 Å². The molecule has 0 spiro atoms. The van der Waals surface area contributed by atoms with Crippen molar-refractivity contribution in [3.05, 3.63) is 30.3 Å². The van der Waals surface area contributed by atoms with Crippen LogP contribution in [-0.4, -0.2) is 37.5 Å². The minimum absolute atomic E-state index is 0.718. The molecule has 0 fully saturated rings. The minimum atomic E-state index is 0.718. The lowest BCUT2D eigenvalue weighted by Gasteiger charge is -2.13. The summed E-state index contributed by atoms with van der Waals surface area (Å²) in [5.74, 6) is 0.934. The lowest BCUT2D eigenvalue weighted by atomic mass is 10.3. The van der Waals surface area contributed by atoms with Crippen molar-refractivity contribution < 1.29 is 4.74 Å². The van der Waals surface area contributed by atoms with Gasteiger partial charge in [-0.15, -0.1) is 0 Å². The number of aliphatic imine (C=N–C) groups is 1. The predicted octanol–water partition coefficient (Wildman–Crippen LogP) is 1.41. The van der Waals surface area contributed by atoms with E-state index in [4.69, 9.17) is 4.74 Å². The van der Waals surface area contributed by atoms with Crippen molar-refractivity contribution >= 4 is 6.34 Å². The van der Waals surface area contributed by atoms with Crippen LogP contribution in [0.1, 0.15) is 0 Å². The summed E-state index contributed by atoms with van der Waals surface area (Å²) in [6.07, 6.45) is 1.90. The van der Waals surface area contributed by atoms with Gasteiger partial charge in [0.1, 0.15) is 12.4 Å². The van der Waals surface area contributed by atoms with Crippen LogP contribution in [-0.2, 0) is 0 Å². The number of ether oxygens (including phenoxy) is 1. The average molecular weight is 190 g/mol. The number of rotatable bonds is 4. The van der Waals surface area contributed by atoms with E-state index in [1.165, 1.54) is 0 Å². The molecule has 0 N–H and O–H groups in total. The highest BCUT2D eigenvalue weighted by Crippen LogP contribution is 2.07. The molecule has 0 amide bonds. The van der Waals surface area contributed by atoms with Gasteiger partial charge < -0.3 is 9.64 Å². The zero-order valence-electron chi connectivity index (χ0n) is 8.10. The lowest BCUT2D eigenvalue weighted by molar-refractivity contribution is 0.278. The summed E-state index contributed by atoms with van der Waals surface area (Å²) >= 11 is 0. The first kappa shape index (κ1) is 9.06. The predicted molar refractivity (Wildman–Crippen MR) is 56.9 cm³/mol. The van der Waals surface area contributed by atoms with Crippen LogP contribution in [0.3, 0.4) is 0 Å². The zero-order chi connectivity index (χ0) is 9.64. The molecule has 0 unspecified atom stereocenters. The first-order valence-corrected chi connectivity index (χ1v) is 4.87. The largest absolute Gasteiger partial charge is 0.492 e. The van der Waals surface area contributed by atoms with Crippen LogP contribution in [0.15, 0.2) is 35.3 Å². The highest BCUT2D eigenvalue weighted by atomic mass is 16.5. The Morgan fingerprint density at radius 1 is 1.29 bits per heavy atom. The molecule has 1 aromatic rings. The molecule has 74 valence electrons. The molecule has 3 heteroatoms. The van der Waals surface area contributed by atoms with E-state index in [0.717, 1.165) is 32.0 Å². The van der Waals surface area contributed by atoms with Crippen LogP contribution >= 0.6 is 0 Å². The summed E-state index contributed by atoms with van der Waals surface area (Å²) in [6.45, 7) is 3.58. The monoisotopic (exact) mass is 190 g/mol. The molecule has 2 rings (SSSR count). The number of para-hydroxylation sites is 1. The maximum absolute atomic E-state index is 5.56. The molecule has 0 saturated heterocycles. The molecular weight excluding hydrogens is 176 g/mol. The van der Waals surface area contributed by atoms with Crippen molar-refractivity contribution in [2.24, 2.45) is 4.99 Å². The number of hydrogen-bond donors (Lipinski definition) is 0. The van der Waals surface area contributed by atoms with Gasteiger partial charge in [-0.1, -0.05) is 18.2 Å². The van der Waals surface area contributed by atoms with E-state index in [1.807, 2.05) is 36.7 Å². The summed E-state index contributed by atoms with van der Waals surface area (Å²) in [7, 11) is 0. The average Bonchev–Trinajstić information content (AvgIpc) is 2.72. The number of hydrogen-bond acceptors (Lipinski definition) is 3. The van der Waals surface area contributed by atoms with Crippen LogP contribution < -0.4 is 4.74 Å². The molecule has 1 heterocycles. The molecule has 14 heavy (non-hydrogen) atoms. The van der Waals surface area contributed by atoms with Crippen LogP contribution in [0.5, 0.6) is 5.75 Å². The van der Waals surface area contributed by atoms with Crippen LogP contribution in [0.25, 0.3) is 0 Å². The van der Waals surface area contributed by atoms with Gasteiger partial charge in [0.15, 0.2) is 0 Å². The minimum Gasteiger partial charge on any atom is -0.492 e. The molecule has 0 aliphatic carbocycles. The Morgan fingerprint density at radius 2 is 2.14 bits per heavy atom. The molecule has 0 atom stereocenters. The second-order valence-electron chi connectivity index (χ2n) is 3.22. The topological polar surface area (TPSA) is 24.8 Å². The maximum Gasteiger partial charge on any atom is 0.119 e. The smallest absolute Gasteiger partial charge is 0.119 e. The highest BCUT2D eigenvalue weighted by molar-refractivity contribution is 5.56. The standard InChI is InChI=1S/C11H14N2O/c1-2-4-11(5-3-1)14-9-8-13-7-6-12-10-13/h1-5,10H,6-9H2. The second-order valence-corrected chi connectivity index (χ2v) is 3.22. The molecule has 3 nitrogen and oxygen atoms in total. The van der Waals surface area contributed by atoms with Crippen molar-refractivity contribution in [3.63, 3.8) is 0 Å². The summed E-state index contributed by atoms with van der Waals surface area (Å²) < 4.78 is 5.56. The van der Waals surface area contributed by atoms with E-state index in [1.54, 1.807) is 0 Å². The Hall–Kier alpha value is -1.51. The fraction of sp³-hybridized carbons (Fsp3) is 0.364. The van der Waals surface area contributed by atoms with E-state index in [-0.39, 0.29) is 0 Å². The van der Waals surface area contributed by atoms with E-state index in [0.29, 0.717) is 0 Å². The zero-order valence-corrected chi connectivity index (χ0v) is 8.10. The van der Waals surface area contributed by atoms with Gasteiger partial charge in [0.2, 0.25) is 0 Å². The summed E-state index contributed by atoms with van der Waals surface area (Å²) in [4.78, 5) is 6.31. The third kappa shape index (κ3) is 2.49. The van der Waals surface area contributed by atoms with Crippen LogP contribution in [0.4, 0.5) is 0 Å². The van der Waals surface area contributed by atoms with Gasteiger partial charge in [0.05, 0.1) is 19.4 Å². The molecule has 0 radical (unpaired) electrons. The lowest BCUT2D eigenvalue weighted by Crippen LogP contribution is -2.25. The highest BCUT2D eigenvalue weighted by Gasteiger charge is 2.04. The van der Waals surface area contributed by atoms with Crippen molar-refractivity contribution in [1.82, 2.24) is 4.90 Å². The third-order valence-electron chi connectivity index (χ3n) is 2.15. The first-order chi connectivity index (χ1) is 6.95. The van der Waals surface area contributed by atoms with E-state index in [9.17, 15) is 0 Å². The van der Waals surface area contributed by atoms with E-state index in [2.05, 4.69) is 9.89 Å². The van der Waals surface area contributed by atoms with Crippen molar-refractivity contribution in [3.8, 4) is 5.75 Å². The SMILES string of the molecule is C1=NCCN1CCOc1ccccc1. The third-order valence-corrected chi connectivity index (χ3v) is 2.15. The molecule has 0 bridgehead atoms. The quantitative estimate of drug-likeness (QED) is 0.717. The summed E-state index contributed by atoms with van der Waals surface area (Å²) in [6, 6.07) is 9.88. The molecule has 1 aliphatic heterocycles.